The maximum Gasteiger partial charge on any atom is 0.490 e. The number of rotatable bonds is 2. The van der Waals surface area contributed by atoms with E-state index in [1.54, 1.807) is 12.3 Å². The molecule has 10 heteroatoms. The van der Waals surface area contributed by atoms with Crippen molar-refractivity contribution in [3.8, 4) is 0 Å². The second-order valence-electron chi connectivity index (χ2n) is 8.09. The third-order valence-corrected chi connectivity index (χ3v) is 6.06. The van der Waals surface area contributed by atoms with Crippen LogP contribution in [0.15, 0.2) is 16.7 Å². The van der Waals surface area contributed by atoms with Gasteiger partial charge < -0.3 is 24.1 Å². The molecule has 0 saturated carbocycles. The number of carboxylic acid groups (broad SMARTS) is 1. The molecule has 30 heavy (non-hydrogen) atoms. The first-order valence-corrected chi connectivity index (χ1v) is 10.1. The van der Waals surface area contributed by atoms with E-state index in [1.807, 2.05) is 11.8 Å². The monoisotopic (exact) mass is 432 g/mol. The molecule has 3 fully saturated rings. The maximum atomic E-state index is 12.7. The lowest BCUT2D eigenvalue weighted by atomic mass is 9.89. The number of furan rings is 1. The van der Waals surface area contributed by atoms with Gasteiger partial charge >= 0.3 is 12.1 Å². The van der Waals surface area contributed by atoms with Crippen LogP contribution in [0.3, 0.4) is 0 Å². The Morgan fingerprint density at radius 3 is 2.47 bits per heavy atom. The Balaban J connectivity index is 0.000000318. The lowest BCUT2D eigenvalue weighted by Gasteiger charge is -2.41. The Bertz CT molecular complexity index is 760. The highest BCUT2D eigenvalue weighted by Crippen LogP contribution is 2.37. The van der Waals surface area contributed by atoms with E-state index in [9.17, 15) is 18.0 Å². The summed E-state index contributed by atoms with van der Waals surface area (Å²) in [4.78, 5) is 26.2. The third kappa shape index (κ3) is 5.15. The number of aryl methyl sites for hydroxylation is 1. The predicted octanol–water partition coefficient (Wildman–Crippen LogP) is 3.08. The lowest BCUT2D eigenvalue weighted by molar-refractivity contribution is -0.192. The lowest BCUT2D eigenvalue weighted by Crippen LogP contribution is -2.49. The number of aliphatic carboxylic acids is 1. The van der Waals surface area contributed by atoms with Crippen molar-refractivity contribution in [2.24, 2.45) is 0 Å². The maximum absolute atomic E-state index is 12.7. The number of amides is 1. The van der Waals surface area contributed by atoms with E-state index in [-0.39, 0.29) is 11.5 Å². The van der Waals surface area contributed by atoms with E-state index in [0.29, 0.717) is 17.4 Å². The second-order valence-corrected chi connectivity index (χ2v) is 8.09. The first-order chi connectivity index (χ1) is 14.1. The van der Waals surface area contributed by atoms with Crippen LogP contribution in [0.1, 0.15) is 48.2 Å². The molecule has 3 aliphatic rings. The SMILES string of the molecule is Cc1occc1C(=O)N1CC[C@@]2(C[C@@H](N3CCCC3)CCO2)C1.O=C(O)C(F)(F)F. The number of hydrogen-bond donors (Lipinski definition) is 1. The molecular weight excluding hydrogens is 405 g/mol. The van der Waals surface area contributed by atoms with Gasteiger partial charge in [0.15, 0.2) is 0 Å². The summed E-state index contributed by atoms with van der Waals surface area (Å²) in [7, 11) is 0. The summed E-state index contributed by atoms with van der Waals surface area (Å²) < 4.78 is 43.2. The zero-order valence-corrected chi connectivity index (χ0v) is 16.9. The van der Waals surface area contributed by atoms with Gasteiger partial charge in [-0.3, -0.25) is 4.79 Å². The van der Waals surface area contributed by atoms with Gasteiger partial charge in [-0.05, 0) is 58.2 Å². The Morgan fingerprint density at radius 2 is 1.90 bits per heavy atom. The van der Waals surface area contributed by atoms with E-state index < -0.39 is 12.1 Å². The normalized spacial score (nSPS) is 27.2. The van der Waals surface area contributed by atoms with E-state index in [2.05, 4.69) is 4.90 Å². The fraction of sp³-hybridized carbons (Fsp3) is 0.700. The molecule has 1 amide bonds. The fourth-order valence-electron chi connectivity index (χ4n) is 4.50. The van der Waals surface area contributed by atoms with Gasteiger partial charge in [0.2, 0.25) is 0 Å². The smallest absolute Gasteiger partial charge is 0.475 e. The van der Waals surface area contributed by atoms with Crippen LogP contribution in [-0.2, 0) is 9.53 Å². The molecule has 3 aliphatic heterocycles. The molecule has 0 unspecified atom stereocenters. The molecule has 0 radical (unpaired) electrons. The number of carbonyl (C=O) groups excluding carboxylic acids is 1. The topological polar surface area (TPSA) is 83.2 Å². The van der Waals surface area contributed by atoms with E-state index in [4.69, 9.17) is 19.1 Å². The number of carbonyl (C=O) groups is 2. The molecule has 3 saturated heterocycles. The molecule has 0 bridgehead atoms. The summed E-state index contributed by atoms with van der Waals surface area (Å²) >= 11 is 0. The van der Waals surface area contributed by atoms with E-state index >= 15 is 0 Å². The molecule has 4 rings (SSSR count). The van der Waals surface area contributed by atoms with Gasteiger partial charge in [-0.2, -0.15) is 13.2 Å². The first kappa shape index (κ1) is 22.6. The highest BCUT2D eigenvalue weighted by atomic mass is 19.4. The molecule has 7 nitrogen and oxygen atoms in total. The molecule has 168 valence electrons. The number of halogens is 3. The van der Waals surface area contributed by atoms with Crippen molar-refractivity contribution in [1.82, 2.24) is 9.80 Å². The van der Waals surface area contributed by atoms with Crippen molar-refractivity contribution < 1.29 is 37.0 Å². The van der Waals surface area contributed by atoms with Gasteiger partial charge in [-0.1, -0.05) is 0 Å². The van der Waals surface area contributed by atoms with Crippen LogP contribution in [0.4, 0.5) is 13.2 Å². The van der Waals surface area contributed by atoms with Gasteiger partial charge in [-0.15, -0.1) is 0 Å². The third-order valence-electron chi connectivity index (χ3n) is 6.06. The highest BCUT2D eigenvalue weighted by Gasteiger charge is 2.46. The number of nitrogens with zero attached hydrogens (tertiary/aromatic N) is 2. The Morgan fingerprint density at radius 1 is 1.23 bits per heavy atom. The summed E-state index contributed by atoms with van der Waals surface area (Å²) in [6, 6.07) is 2.41. The molecule has 0 aliphatic carbocycles. The molecule has 1 aromatic rings. The van der Waals surface area contributed by atoms with Crippen molar-refractivity contribution in [2.45, 2.75) is 56.8 Å². The summed E-state index contributed by atoms with van der Waals surface area (Å²) in [6.45, 7) is 6.65. The Hall–Kier alpha value is -2.07. The number of hydrogen-bond acceptors (Lipinski definition) is 5. The molecular formula is C20H27F3N2O5. The van der Waals surface area contributed by atoms with Gasteiger partial charge in [0.25, 0.3) is 5.91 Å². The van der Waals surface area contributed by atoms with E-state index in [0.717, 1.165) is 39.0 Å². The van der Waals surface area contributed by atoms with Crippen LogP contribution in [-0.4, -0.2) is 77.4 Å². The number of likely N-dealkylation sites (tertiary alicyclic amines) is 2. The van der Waals surface area contributed by atoms with Gasteiger partial charge in [0, 0.05) is 19.2 Å². The standard InChI is InChI=1S/C18H26N2O3.C2HF3O2/c1-14-16(5-10-22-14)17(21)20-9-6-18(13-20)12-15(4-11-23-18)19-7-2-3-8-19;3-2(4,5)1(6)7/h5,10,15H,2-4,6-9,11-13H2,1H3;(H,6,7)/t15-,18+;/m0./s1. The molecule has 1 N–H and O–H groups in total. The summed E-state index contributed by atoms with van der Waals surface area (Å²) in [5.41, 5.74) is 0.563. The van der Waals surface area contributed by atoms with Crippen LogP contribution in [0, 0.1) is 6.92 Å². The van der Waals surface area contributed by atoms with Crippen LogP contribution in [0.25, 0.3) is 0 Å². The molecule has 1 spiro atoms. The Labute approximate surface area is 172 Å². The number of ether oxygens (including phenoxy) is 1. The van der Waals surface area contributed by atoms with E-state index in [1.165, 1.54) is 25.9 Å². The minimum Gasteiger partial charge on any atom is -0.475 e. The zero-order valence-electron chi connectivity index (χ0n) is 16.9. The zero-order chi connectivity index (χ0) is 21.9. The first-order valence-electron chi connectivity index (χ1n) is 10.1. The quantitative estimate of drug-likeness (QED) is 0.774. The van der Waals surface area contributed by atoms with Crippen molar-refractivity contribution in [2.75, 3.05) is 32.8 Å². The molecule has 1 aromatic heterocycles. The van der Waals surface area contributed by atoms with Crippen molar-refractivity contribution in [3.63, 3.8) is 0 Å². The molecule has 2 atom stereocenters. The average molecular weight is 432 g/mol. The van der Waals surface area contributed by atoms with Crippen molar-refractivity contribution >= 4 is 11.9 Å². The second kappa shape index (κ2) is 8.97. The molecule has 0 aromatic carbocycles. The summed E-state index contributed by atoms with van der Waals surface area (Å²) in [5.74, 6) is -1.97. The van der Waals surface area contributed by atoms with Crippen LogP contribution in [0.2, 0.25) is 0 Å². The average Bonchev–Trinajstić information content (AvgIpc) is 3.43. The largest absolute Gasteiger partial charge is 0.490 e. The van der Waals surface area contributed by atoms with Gasteiger partial charge in [0.05, 0.1) is 24.0 Å². The van der Waals surface area contributed by atoms with Crippen molar-refractivity contribution in [1.29, 1.82) is 0 Å². The number of alkyl halides is 3. The van der Waals surface area contributed by atoms with Gasteiger partial charge in [0.1, 0.15) is 5.76 Å². The highest BCUT2D eigenvalue weighted by molar-refractivity contribution is 5.95. The van der Waals surface area contributed by atoms with Crippen LogP contribution in [0.5, 0.6) is 0 Å². The predicted molar refractivity (Wildman–Crippen MR) is 100 cm³/mol. The fourth-order valence-corrected chi connectivity index (χ4v) is 4.50. The van der Waals surface area contributed by atoms with Crippen LogP contribution >= 0.6 is 0 Å². The number of carboxylic acids is 1. The minimum absolute atomic E-state index is 0.0834. The van der Waals surface area contributed by atoms with Crippen LogP contribution < -0.4 is 0 Å². The summed E-state index contributed by atoms with van der Waals surface area (Å²) in [5, 5.41) is 7.12. The van der Waals surface area contributed by atoms with Crippen molar-refractivity contribution in [3.05, 3.63) is 23.7 Å². The molecule has 4 heterocycles. The Kier molecular flexibility index (Phi) is 6.76. The minimum atomic E-state index is -5.08. The summed E-state index contributed by atoms with van der Waals surface area (Å²) in [6.07, 6.45) is 2.33. The van der Waals surface area contributed by atoms with Gasteiger partial charge in [-0.25, -0.2) is 4.79 Å².